The number of halogens is 1. The molecule has 0 spiro atoms. The van der Waals surface area contributed by atoms with E-state index in [0.717, 1.165) is 0 Å². The number of hydrogen-bond acceptors (Lipinski definition) is 3. The van der Waals surface area contributed by atoms with Crippen molar-refractivity contribution in [3.05, 3.63) is 35.6 Å². The maximum Gasteiger partial charge on any atom is 0.127 e. The van der Waals surface area contributed by atoms with Gasteiger partial charge in [0.1, 0.15) is 5.82 Å². The molecule has 0 saturated heterocycles. The van der Waals surface area contributed by atoms with Gasteiger partial charge in [0.2, 0.25) is 0 Å². The van der Waals surface area contributed by atoms with Crippen molar-refractivity contribution in [2.45, 2.75) is 25.4 Å². The van der Waals surface area contributed by atoms with Crippen LogP contribution in [0.2, 0.25) is 0 Å². The van der Waals surface area contributed by atoms with Gasteiger partial charge in [-0.05, 0) is 27.0 Å². The summed E-state index contributed by atoms with van der Waals surface area (Å²) >= 11 is 0. The molecular weight excluding hydrogens is 231 g/mol. The highest BCUT2D eigenvalue weighted by molar-refractivity contribution is 5.21. The Hall–Kier alpha value is -0.970. The van der Waals surface area contributed by atoms with Crippen molar-refractivity contribution in [1.82, 2.24) is 4.90 Å². The lowest BCUT2D eigenvalue weighted by Crippen LogP contribution is -2.53. The molecule has 18 heavy (non-hydrogen) atoms. The lowest BCUT2D eigenvalue weighted by Gasteiger charge is -2.41. The molecular formula is C14H23FN2O. The van der Waals surface area contributed by atoms with Crippen LogP contribution in [0.15, 0.2) is 24.3 Å². The standard InChI is InChI=1S/C14H23FN2O/c1-11(12-7-5-6-8-13(12)15)17(3)14(2,9-16)10-18-4/h5-8,11H,9-10,16H2,1-4H3. The Morgan fingerprint density at radius 3 is 2.56 bits per heavy atom. The molecule has 0 aliphatic rings. The zero-order valence-corrected chi connectivity index (χ0v) is 11.6. The average molecular weight is 254 g/mol. The van der Waals surface area contributed by atoms with Gasteiger partial charge in [-0.1, -0.05) is 18.2 Å². The second-order valence-corrected chi connectivity index (χ2v) is 4.94. The van der Waals surface area contributed by atoms with E-state index >= 15 is 0 Å². The van der Waals surface area contributed by atoms with Gasteiger partial charge in [-0.3, -0.25) is 4.90 Å². The highest BCUT2D eigenvalue weighted by Gasteiger charge is 2.32. The quantitative estimate of drug-likeness (QED) is 0.845. The second-order valence-electron chi connectivity index (χ2n) is 4.94. The topological polar surface area (TPSA) is 38.5 Å². The van der Waals surface area contributed by atoms with Crippen LogP contribution in [0.1, 0.15) is 25.5 Å². The Morgan fingerprint density at radius 1 is 1.44 bits per heavy atom. The van der Waals surface area contributed by atoms with E-state index in [-0.39, 0.29) is 17.4 Å². The summed E-state index contributed by atoms with van der Waals surface area (Å²) in [6.07, 6.45) is 0. The Kier molecular flexibility index (Phi) is 5.26. The average Bonchev–Trinajstić information content (AvgIpc) is 2.37. The zero-order chi connectivity index (χ0) is 13.8. The lowest BCUT2D eigenvalue weighted by molar-refractivity contribution is 0.0205. The van der Waals surface area contributed by atoms with Crippen LogP contribution < -0.4 is 5.73 Å². The summed E-state index contributed by atoms with van der Waals surface area (Å²) in [6, 6.07) is 6.77. The Bertz CT molecular complexity index is 386. The number of benzene rings is 1. The summed E-state index contributed by atoms with van der Waals surface area (Å²) in [7, 11) is 3.60. The third-order valence-corrected chi connectivity index (χ3v) is 3.68. The van der Waals surface area contributed by atoms with E-state index in [0.29, 0.717) is 18.7 Å². The minimum absolute atomic E-state index is 0.0603. The van der Waals surface area contributed by atoms with Crippen molar-refractivity contribution in [1.29, 1.82) is 0 Å². The first-order valence-corrected chi connectivity index (χ1v) is 6.12. The SMILES string of the molecule is COCC(C)(CN)N(C)C(C)c1ccccc1F. The first kappa shape index (κ1) is 15.1. The molecule has 2 N–H and O–H groups in total. The predicted molar refractivity (Wildman–Crippen MR) is 71.9 cm³/mol. The molecule has 2 atom stereocenters. The first-order valence-electron chi connectivity index (χ1n) is 6.12. The summed E-state index contributed by atoms with van der Waals surface area (Å²) < 4.78 is 19.0. The molecule has 102 valence electrons. The highest BCUT2D eigenvalue weighted by atomic mass is 19.1. The highest BCUT2D eigenvalue weighted by Crippen LogP contribution is 2.27. The van der Waals surface area contributed by atoms with Crippen LogP contribution in [0.3, 0.4) is 0 Å². The van der Waals surface area contributed by atoms with E-state index < -0.39 is 0 Å². The smallest absolute Gasteiger partial charge is 0.127 e. The molecule has 0 radical (unpaired) electrons. The van der Waals surface area contributed by atoms with Gasteiger partial charge < -0.3 is 10.5 Å². The largest absolute Gasteiger partial charge is 0.383 e. The zero-order valence-electron chi connectivity index (χ0n) is 11.6. The number of rotatable bonds is 6. The third-order valence-electron chi connectivity index (χ3n) is 3.68. The van der Waals surface area contributed by atoms with Crippen molar-refractivity contribution < 1.29 is 9.13 Å². The molecule has 1 rings (SSSR count). The summed E-state index contributed by atoms with van der Waals surface area (Å²) in [4.78, 5) is 2.06. The molecule has 1 aromatic carbocycles. The summed E-state index contributed by atoms with van der Waals surface area (Å²) in [6.45, 7) is 4.96. The van der Waals surface area contributed by atoms with Crippen molar-refractivity contribution in [3.8, 4) is 0 Å². The molecule has 0 bridgehead atoms. The molecule has 1 aromatic rings. The fourth-order valence-corrected chi connectivity index (χ4v) is 2.11. The monoisotopic (exact) mass is 254 g/mol. The van der Waals surface area contributed by atoms with Crippen LogP contribution in [0.25, 0.3) is 0 Å². The molecule has 0 heterocycles. The molecule has 3 nitrogen and oxygen atoms in total. The molecule has 4 heteroatoms. The third kappa shape index (κ3) is 3.07. The molecule has 0 fully saturated rings. The summed E-state index contributed by atoms with van der Waals surface area (Å²) in [5, 5.41) is 0. The van der Waals surface area contributed by atoms with Crippen LogP contribution in [0.4, 0.5) is 4.39 Å². The Balaban J connectivity index is 2.96. The normalized spacial score (nSPS) is 16.6. The van der Waals surface area contributed by atoms with Gasteiger partial charge in [-0.15, -0.1) is 0 Å². The van der Waals surface area contributed by atoms with Gasteiger partial charge in [0.05, 0.1) is 12.1 Å². The first-order chi connectivity index (χ1) is 8.46. The fraction of sp³-hybridized carbons (Fsp3) is 0.571. The number of nitrogens with zero attached hydrogens (tertiary/aromatic N) is 1. The number of likely N-dealkylation sites (N-methyl/N-ethyl adjacent to an activating group) is 1. The number of hydrogen-bond donors (Lipinski definition) is 1. The lowest BCUT2D eigenvalue weighted by atomic mass is 9.96. The van der Waals surface area contributed by atoms with Gasteiger partial charge in [0.15, 0.2) is 0 Å². The van der Waals surface area contributed by atoms with Gasteiger partial charge in [0.25, 0.3) is 0 Å². The van der Waals surface area contributed by atoms with E-state index in [1.165, 1.54) is 6.07 Å². The molecule has 2 unspecified atom stereocenters. The van der Waals surface area contributed by atoms with Gasteiger partial charge in [-0.25, -0.2) is 4.39 Å². The predicted octanol–water partition coefficient (Wildman–Crippen LogP) is 2.18. The molecule has 0 aliphatic carbocycles. The number of methoxy groups -OCH3 is 1. The van der Waals surface area contributed by atoms with Crippen molar-refractivity contribution in [2.24, 2.45) is 5.73 Å². The van der Waals surface area contributed by atoms with E-state index in [9.17, 15) is 4.39 Å². The summed E-state index contributed by atoms with van der Waals surface area (Å²) in [5.41, 5.74) is 6.20. The van der Waals surface area contributed by atoms with Crippen molar-refractivity contribution in [2.75, 3.05) is 27.3 Å². The van der Waals surface area contributed by atoms with Gasteiger partial charge in [0, 0.05) is 25.3 Å². The Labute approximate surface area is 109 Å². The van der Waals surface area contributed by atoms with Crippen LogP contribution >= 0.6 is 0 Å². The van der Waals surface area contributed by atoms with Crippen LogP contribution in [-0.4, -0.2) is 37.7 Å². The van der Waals surface area contributed by atoms with E-state index in [1.807, 2.05) is 27.0 Å². The minimum atomic E-state index is -0.309. The second kappa shape index (κ2) is 6.27. The van der Waals surface area contributed by atoms with Gasteiger partial charge >= 0.3 is 0 Å². The Morgan fingerprint density at radius 2 is 2.06 bits per heavy atom. The molecule has 0 aliphatic heterocycles. The summed E-state index contributed by atoms with van der Waals surface area (Å²) in [5.74, 6) is -0.186. The van der Waals surface area contributed by atoms with Crippen molar-refractivity contribution >= 4 is 0 Å². The van der Waals surface area contributed by atoms with Crippen molar-refractivity contribution in [3.63, 3.8) is 0 Å². The van der Waals surface area contributed by atoms with Crippen LogP contribution in [0, 0.1) is 5.82 Å². The van der Waals surface area contributed by atoms with Crippen LogP contribution in [-0.2, 0) is 4.74 Å². The molecule has 0 saturated carbocycles. The number of nitrogens with two attached hydrogens (primary N) is 1. The van der Waals surface area contributed by atoms with E-state index in [4.69, 9.17) is 10.5 Å². The fourth-order valence-electron chi connectivity index (χ4n) is 2.11. The molecule has 0 aromatic heterocycles. The maximum absolute atomic E-state index is 13.8. The van der Waals surface area contributed by atoms with Crippen LogP contribution in [0.5, 0.6) is 0 Å². The minimum Gasteiger partial charge on any atom is -0.383 e. The maximum atomic E-state index is 13.8. The van der Waals surface area contributed by atoms with E-state index in [1.54, 1.807) is 19.2 Å². The van der Waals surface area contributed by atoms with E-state index in [2.05, 4.69) is 4.90 Å². The number of ether oxygens (including phenoxy) is 1. The molecule has 0 amide bonds. The van der Waals surface area contributed by atoms with Gasteiger partial charge in [-0.2, -0.15) is 0 Å².